The van der Waals surface area contributed by atoms with Crippen molar-refractivity contribution >= 4 is 11.9 Å². The zero-order chi connectivity index (χ0) is 17.9. The Morgan fingerprint density at radius 1 is 1.42 bits per heavy atom. The maximum Gasteiger partial charge on any atom is 0.308 e. The number of carbonyl (C=O) groups is 2. The second-order valence-electron chi connectivity index (χ2n) is 5.50. The number of aromatic nitrogens is 1. The largest absolute Gasteiger partial charge is 0.481 e. The molecular formula is C15H17F2N3O4. The number of hydrazine groups is 1. The molecule has 0 fully saturated rings. The molecule has 1 aromatic rings. The van der Waals surface area contributed by atoms with Crippen molar-refractivity contribution in [2.75, 3.05) is 13.1 Å². The van der Waals surface area contributed by atoms with Crippen molar-refractivity contribution in [3.05, 3.63) is 45.4 Å². The number of amides is 1. The third kappa shape index (κ3) is 4.05. The highest BCUT2D eigenvalue weighted by molar-refractivity contribution is 5.98. The van der Waals surface area contributed by atoms with Gasteiger partial charge in [0, 0.05) is 18.2 Å². The monoisotopic (exact) mass is 341 g/mol. The lowest BCUT2D eigenvalue weighted by Crippen LogP contribution is -2.50. The molecule has 9 heteroatoms. The molecule has 0 saturated carbocycles. The van der Waals surface area contributed by atoms with Crippen molar-refractivity contribution in [1.29, 1.82) is 0 Å². The summed E-state index contributed by atoms with van der Waals surface area (Å²) in [5, 5.41) is 9.83. The smallest absolute Gasteiger partial charge is 0.308 e. The molecule has 0 atom stereocenters. The molecule has 1 aliphatic heterocycles. The number of nitrogens with one attached hydrogen (secondary N) is 2. The maximum atomic E-state index is 14.1. The average molecular weight is 341 g/mol. The van der Waals surface area contributed by atoms with Crippen LogP contribution in [0.1, 0.15) is 25.5 Å². The van der Waals surface area contributed by atoms with Gasteiger partial charge in [-0.2, -0.15) is 8.78 Å². The van der Waals surface area contributed by atoms with E-state index in [1.165, 1.54) is 6.07 Å². The van der Waals surface area contributed by atoms with Crippen LogP contribution < -0.4 is 11.0 Å². The fourth-order valence-electron chi connectivity index (χ4n) is 2.36. The van der Waals surface area contributed by atoms with Crippen LogP contribution in [0.25, 0.3) is 0 Å². The third-order valence-electron chi connectivity index (χ3n) is 3.71. The number of hydrogen-bond acceptors (Lipinski definition) is 4. The molecule has 2 rings (SSSR count). The number of aliphatic carboxylic acids is 1. The lowest BCUT2D eigenvalue weighted by molar-refractivity contribution is -0.139. The summed E-state index contributed by atoms with van der Waals surface area (Å²) in [5.41, 5.74) is 1.86. The summed E-state index contributed by atoms with van der Waals surface area (Å²) in [6, 6.07) is 3.42. The number of alkyl halides is 2. The van der Waals surface area contributed by atoms with E-state index in [0.717, 1.165) is 17.1 Å². The van der Waals surface area contributed by atoms with Crippen molar-refractivity contribution in [3.63, 3.8) is 0 Å². The van der Waals surface area contributed by atoms with E-state index in [2.05, 4.69) is 10.4 Å². The van der Waals surface area contributed by atoms with Crippen LogP contribution in [0.3, 0.4) is 0 Å². The minimum absolute atomic E-state index is 0.0951. The van der Waals surface area contributed by atoms with E-state index in [-0.39, 0.29) is 12.1 Å². The third-order valence-corrected chi connectivity index (χ3v) is 3.71. The van der Waals surface area contributed by atoms with E-state index in [1.807, 2.05) is 0 Å². The lowest BCUT2D eigenvalue weighted by atomic mass is 9.99. The van der Waals surface area contributed by atoms with Crippen LogP contribution in [-0.2, 0) is 15.5 Å². The molecule has 1 amide bonds. The number of H-pyrrole nitrogens is 1. The first kappa shape index (κ1) is 17.8. The second kappa shape index (κ2) is 6.91. The molecule has 24 heavy (non-hydrogen) atoms. The highest BCUT2D eigenvalue weighted by Crippen LogP contribution is 2.25. The van der Waals surface area contributed by atoms with E-state index >= 15 is 0 Å². The van der Waals surface area contributed by atoms with Gasteiger partial charge in [-0.1, -0.05) is 11.6 Å². The number of rotatable bonds is 6. The first-order chi connectivity index (χ1) is 11.2. The topological polar surface area (TPSA) is 102 Å². The number of carbonyl (C=O) groups excluding carboxylic acids is 1. The van der Waals surface area contributed by atoms with Gasteiger partial charge in [-0.15, -0.1) is 0 Å². The Bertz CT molecular complexity index is 742. The SMILES string of the molecule is CC1=C(CC(=O)O)C(=O)N(NCC(F)(F)c2cccc(=O)[nH]2)CC1. The van der Waals surface area contributed by atoms with Crippen LogP contribution in [0.4, 0.5) is 8.78 Å². The van der Waals surface area contributed by atoms with Crippen molar-refractivity contribution in [2.45, 2.75) is 25.7 Å². The summed E-state index contributed by atoms with van der Waals surface area (Å²) in [5.74, 6) is -5.19. The summed E-state index contributed by atoms with van der Waals surface area (Å²) in [6.45, 7) is 0.907. The van der Waals surface area contributed by atoms with Gasteiger partial charge in [-0.05, 0) is 19.4 Å². The number of halogens is 2. The number of aromatic amines is 1. The van der Waals surface area contributed by atoms with E-state index in [1.54, 1.807) is 6.92 Å². The summed E-state index contributed by atoms with van der Waals surface area (Å²) in [7, 11) is 0. The molecule has 2 heterocycles. The summed E-state index contributed by atoms with van der Waals surface area (Å²) >= 11 is 0. The molecule has 0 aliphatic carbocycles. The molecule has 0 saturated heterocycles. The Kier molecular flexibility index (Phi) is 5.13. The van der Waals surface area contributed by atoms with Gasteiger partial charge in [0.25, 0.3) is 5.91 Å². The lowest BCUT2D eigenvalue weighted by Gasteiger charge is -2.31. The average Bonchev–Trinajstić information content (AvgIpc) is 2.50. The Balaban J connectivity index is 2.08. The maximum absolute atomic E-state index is 14.1. The van der Waals surface area contributed by atoms with E-state index in [4.69, 9.17) is 5.11 Å². The van der Waals surface area contributed by atoms with Crippen LogP contribution >= 0.6 is 0 Å². The van der Waals surface area contributed by atoms with Crippen LogP contribution in [-0.4, -0.2) is 40.1 Å². The summed E-state index contributed by atoms with van der Waals surface area (Å²) < 4.78 is 28.3. The van der Waals surface area contributed by atoms with Crippen molar-refractivity contribution in [3.8, 4) is 0 Å². The molecule has 0 spiro atoms. The second-order valence-corrected chi connectivity index (χ2v) is 5.50. The fourth-order valence-corrected chi connectivity index (χ4v) is 2.36. The minimum Gasteiger partial charge on any atom is -0.481 e. The van der Waals surface area contributed by atoms with Gasteiger partial charge in [0.15, 0.2) is 0 Å². The fraction of sp³-hybridized carbons (Fsp3) is 0.400. The number of nitrogens with zero attached hydrogens (tertiary/aromatic N) is 1. The van der Waals surface area contributed by atoms with Crippen molar-refractivity contribution in [2.24, 2.45) is 0 Å². The summed E-state index contributed by atoms with van der Waals surface area (Å²) in [6.07, 6.45) is -0.0552. The van der Waals surface area contributed by atoms with Gasteiger partial charge in [-0.25, -0.2) is 5.43 Å². The van der Waals surface area contributed by atoms with E-state index in [9.17, 15) is 23.2 Å². The first-order valence-corrected chi connectivity index (χ1v) is 7.24. The van der Waals surface area contributed by atoms with Crippen molar-refractivity contribution < 1.29 is 23.5 Å². The molecular weight excluding hydrogens is 324 g/mol. The summed E-state index contributed by atoms with van der Waals surface area (Å²) in [4.78, 5) is 36.2. The van der Waals surface area contributed by atoms with Gasteiger partial charge >= 0.3 is 11.9 Å². The van der Waals surface area contributed by atoms with Crippen LogP contribution in [0.15, 0.2) is 34.1 Å². The Labute approximate surface area is 135 Å². The molecule has 0 bridgehead atoms. The Hall–Kier alpha value is -2.55. The number of carboxylic acids is 1. The zero-order valence-electron chi connectivity index (χ0n) is 12.9. The number of hydrogen-bond donors (Lipinski definition) is 3. The predicted molar refractivity (Wildman–Crippen MR) is 80.2 cm³/mol. The Morgan fingerprint density at radius 3 is 2.75 bits per heavy atom. The minimum atomic E-state index is -3.40. The van der Waals surface area contributed by atoms with Crippen LogP contribution in [0.5, 0.6) is 0 Å². The Morgan fingerprint density at radius 2 is 2.12 bits per heavy atom. The van der Waals surface area contributed by atoms with Gasteiger partial charge < -0.3 is 10.1 Å². The zero-order valence-corrected chi connectivity index (χ0v) is 12.9. The highest BCUT2D eigenvalue weighted by atomic mass is 19.3. The van der Waals surface area contributed by atoms with Gasteiger partial charge in [0.05, 0.1) is 18.7 Å². The van der Waals surface area contributed by atoms with Gasteiger partial charge in [0.2, 0.25) is 5.56 Å². The van der Waals surface area contributed by atoms with E-state index in [0.29, 0.717) is 12.0 Å². The molecule has 0 radical (unpaired) electrons. The van der Waals surface area contributed by atoms with E-state index < -0.39 is 42.0 Å². The van der Waals surface area contributed by atoms with Crippen LogP contribution in [0, 0.1) is 0 Å². The molecule has 130 valence electrons. The normalized spacial score (nSPS) is 15.8. The molecule has 3 N–H and O–H groups in total. The number of carboxylic acid groups (broad SMARTS) is 1. The molecule has 0 unspecified atom stereocenters. The standard InChI is InChI=1S/C15H17F2N3O4/c1-9-5-6-20(14(24)10(9)7-13(22)23)18-8-15(16,17)11-3-2-4-12(21)19-11/h2-4,18H,5-8H2,1H3,(H,19,21)(H,22,23). The van der Waals surface area contributed by atoms with Crippen LogP contribution in [0.2, 0.25) is 0 Å². The highest BCUT2D eigenvalue weighted by Gasteiger charge is 2.35. The molecule has 1 aromatic heterocycles. The molecule has 7 nitrogen and oxygen atoms in total. The number of pyridine rings is 1. The molecule has 1 aliphatic rings. The molecule has 0 aromatic carbocycles. The first-order valence-electron chi connectivity index (χ1n) is 7.24. The van der Waals surface area contributed by atoms with Gasteiger partial charge in [0.1, 0.15) is 0 Å². The van der Waals surface area contributed by atoms with Crippen molar-refractivity contribution in [1.82, 2.24) is 15.4 Å². The predicted octanol–water partition coefficient (Wildman–Crippen LogP) is 0.995. The van der Waals surface area contributed by atoms with Gasteiger partial charge in [-0.3, -0.25) is 19.4 Å². The quantitative estimate of drug-likeness (QED) is 0.716.